The predicted molar refractivity (Wildman–Crippen MR) is 109 cm³/mol. The number of methoxy groups -OCH3 is 1. The fourth-order valence-corrected chi connectivity index (χ4v) is 3.64. The molecule has 0 saturated carbocycles. The molecule has 148 valence electrons. The van der Waals surface area contributed by atoms with Crippen LogP contribution in [0.5, 0.6) is 5.75 Å². The van der Waals surface area contributed by atoms with E-state index in [0.29, 0.717) is 35.8 Å². The summed E-state index contributed by atoms with van der Waals surface area (Å²) in [6.45, 7) is 0.596. The van der Waals surface area contributed by atoms with Crippen LogP contribution in [0, 0.1) is 0 Å². The Bertz CT molecular complexity index is 1080. The second-order valence-electron chi connectivity index (χ2n) is 6.95. The Morgan fingerprint density at radius 1 is 1.17 bits per heavy atom. The highest BCUT2D eigenvalue weighted by Gasteiger charge is 2.25. The van der Waals surface area contributed by atoms with Crippen LogP contribution in [0.1, 0.15) is 41.5 Å². The predicted octanol–water partition coefficient (Wildman–Crippen LogP) is 2.97. The van der Waals surface area contributed by atoms with Crippen LogP contribution in [-0.4, -0.2) is 27.6 Å². The van der Waals surface area contributed by atoms with Crippen molar-refractivity contribution in [2.45, 2.75) is 31.8 Å². The Hall–Kier alpha value is -3.48. The Morgan fingerprint density at radius 3 is 2.76 bits per heavy atom. The molecule has 1 amide bonds. The molecule has 3 heterocycles. The molecule has 0 fully saturated rings. The molecule has 0 aliphatic carbocycles. The quantitative estimate of drug-likeness (QED) is 0.740. The van der Waals surface area contributed by atoms with Crippen LogP contribution in [0.2, 0.25) is 0 Å². The molecule has 1 atom stereocenters. The van der Waals surface area contributed by atoms with Crippen molar-refractivity contribution in [2.24, 2.45) is 0 Å². The minimum Gasteiger partial charge on any atom is -0.496 e. The summed E-state index contributed by atoms with van der Waals surface area (Å²) in [5.74, 6) is 0.851. The summed E-state index contributed by atoms with van der Waals surface area (Å²) in [7, 11) is 1.54. The normalized spacial score (nSPS) is 15.8. The molecule has 0 spiro atoms. The maximum absolute atomic E-state index is 12.9. The van der Waals surface area contributed by atoms with Crippen LogP contribution in [0.4, 0.5) is 0 Å². The van der Waals surface area contributed by atoms with Gasteiger partial charge in [0.2, 0.25) is 0 Å². The number of nitrogens with zero attached hydrogens (tertiary/aromatic N) is 3. The molecule has 1 aliphatic heterocycles. The Morgan fingerprint density at radius 2 is 1.97 bits per heavy atom. The van der Waals surface area contributed by atoms with Gasteiger partial charge in [0.15, 0.2) is 0 Å². The summed E-state index contributed by atoms with van der Waals surface area (Å²) in [5.41, 5.74) is 1.75. The number of nitrogens with one attached hydrogen (secondary N) is 1. The van der Waals surface area contributed by atoms with E-state index in [1.54, 1.807) is 41.2 Å². The molecule has 29 heavy (non-hydrogen) atoms. The van der Waals surface area contributed by atoms with Gasteiger partial charge >= 0.3 is 0 Å². The number of carbonyl (C=O) groups excluding carboxylic acids is 1. The van der Waals surface area contributed by atoms with Crippen LogP contribution in [0.15, 0.2) is 59.7 Å². The summed E-state index contributed by atoms with van der Waals surface area (Å²) in [6.07, 6.45) is 5.81. The Kier molecular flexibility index (Phi) is 5.37. The lowest BCUT2D eigenvalue weighted by molar-refractivity contribution is 0.0929. The first-order valence-electron chi connectivity index (χ1n) is 9.63. The van der Waals surface area contributed by atoms with Crippen molar-refractivity contribution in [1.29, 1.82) is 0 Å². The van der Waals surface area contributed by atoms with E-state index in [0.717, 1.165) is 18.4 Å². The first kappa shape index (κ1) is 18.9. The molecular weight excluding hydrogens is 368 g/mol. The van der Waals surface area contributed by atoms with E-state index in [1.165, 1.54) is 7.11 Å². The Labute approximate surface area is 168 Å². The van der Waals surface area contributed by atoms with Crippen molar-refractivity contribution in [1.82, 2.24) is 19.9 Å². The van der Waals surface area contributed by atoms with Gasteiger partial charge in [-0.15, -0.1) is 0 Å². The first-order chi connectivity index (χ1) is 14.2. The highest BCUT2D eigenvalue weighted by atomic mass is 16.5. The molecule has 0 radical (unpaired) electrons. The van der Waals surface area contributed by atoms with Gasteiger partial charge in [-0.1, -0.05) is 12.1 Å². The van der Waals surface area contributed by atoms with Gasteiger partial charge in [0.1, 0.15) is 11.6 Å². The number of hydrogen-bond donors (Lipinski definition) is 1. The molecular formula is C22H22N4O3. The second kappa shape index (κ2) is 8.26. The van der Waals surface area contributed by atoms with Gasteiger partial charge in [-0.25, -0.2) is 4.98 Å². The maximum Gasteiger partial charge on any atom is 0.255 e. The average Bonchev–Trinajstić information content (AvgIpc) is 2.97. The van der Waals surface area contributed by atoms with E-state index in [4.69, 9.17) is 9.72 Å². The molecule has 7 nitrogen and oxygen atoms in total. The van der Waals surface area contributed by atoms with Crippen molar-refractivity contribution in [2.75, 3.05) is 7.11 Å². The SMILES string of the molecule is COc1ccccc1C(=O)NC1CCCCn2c1nc(-c1ccncc1)cc2=O. The standard InChI is InChI=1S/C22H22N4O3/c1-29-19-8-3-2-6-16(19)22(28)25-17-7-4-5-13-26-20(27)14-18(24-21(17)26)15-9-11-23-12-10-15/h2-3,6,8-12,14,17H,4-5,7,13H2,1H3,(H,25,28). The third-order valence-corrected chi connectivity index (χ3v) is 5.11. The molecule has 0 bridgehead atoms. The fourth-order valence-electron chi connectivity index (χ4n) is 3.64. The van der Waals surface area contributed by atoms with Gasteiger partial charge in [-0.3, -0.25) is 19.1 Å². The van der Waals surface area contributed by atoms with Crippen LogP contribution in [0.3, 0.4) is 0 Å². The van der Waals surface area contributed by atoms with Crippen LogP contribution in [-0.2, 0) is 6.54 Å². The smallest absolute Gasteiger partial charge is 0.255 e. The number of amides is 1. The number of hydrogen-bond acceptors (Lipinski definition) is 5. The van der Waals surface area contributed by atoms with Crippen molar-refractivity contribution in [3.05, 3.63) is 76.6 Å². The van der Waals surface area contributed by atoms with E-state index in [9.17, 15) is 9.59 Å². The number of aromatic nitrogens is 3. The summed E-state index contributed by atoms with van der Waals surface area (Å²) < 4.78 is 6.98. The number of rotatable bonds is 4. The van der Waals surface area contributed by atoms with Crippen LogP contribution < -0.4 is 15.6 Å². The van der Waals surface area contributed by atoms with Crippen LogP contribution in [0.25, 0.3) is 11.3 Å². The molecule has 7 heteroatoms. The van der Waals surface area contributed by atoms with Crippen molar-refractivity contribution in [3.63, 3.8) is 0 Å². The van der Waals surface area contributed by atoms with Gasteiger partial charge < -0.3 is 10.1 Å². The topological polar surface area (TPSA) is 86.1 Å². The molecule has 1 N–H and O–H groups in total. The lowest BCUT2D eigenvalue weighted by Gasteiger charge is -2.20. The maximum atomic E-state index is 12.9. The number of fused-ring (bicyclic) bond motifs is 1. The summed E-state index contributed by atoms with van der Waals surface area (Å²) in [4.78, 5) is 34.5. The summed E-state index contributed by atoms with van der Waals surface area (Å²) in [6, 6.07) is 11.9. The molecule has 2 aromatic heterocycles. The highest BCUT2D eigenvalue weighted by molar-refractivity contribution is 5.97. The zero-order valence-electron chi connectivity index (χ0n) is 16.2. The summed E-state index contributed by atoms with van der Waals surface area (Å²) in [5, 5.41) is 3.06. The van der Waals surface area contributed by atoms with Gasteiger partial charge in [0.05, 0.1) is 24.4 Å². The lowest BCUT2D eigenvalue weighted by Crippen LogP contribution is -2.34. The van der Waals surface area contributed by atoms with Crippen molar-refractivity contribution < 1.29 is 9.53 Å². The van der Waals surface area contributed by atoms with Gasteiger partial charge in [0.25, 0.3) is 11.5 Å². The van der Waals surface area contributed by atoms with Gasteiger partial charge in [-0.05, 0) is 43.5 Å². The highest BCUT2D eigenvalue weighted by Crippen LogP contribution is 2.26. The van der Waals surface area contributed by atoms with Crippen molar-refractivity contribution in [3.8, 4) is 17.0 Å². The number of benzene rings is 1. The third kappa shape index (κ3) is 3.89. The monoisotopic (exact) mass is 390 g/mol. The van der Waals surface area contributed by atoms with Gasteiger partial charge in [0, 0.05) is 30.6 Å². The van der Waals surface area contributed by atoms with E-state index in [1.807, 2.05) is 18.2 Å². The molecule has 1 unspecified atom stereocenters. The molecule has 1 aromatic carbocycles. The van der Waals surface area contributed by atoms with E-state index in [2.05, 4.69) is 10.3 Å². The van der Waals surface area contributed by atoms with E-state index >= 15 is 0 Å². The average molecular weight is 390 g/mol. The van der Waals surface area contributed by atoms with Crippen LogP contribution >= 0.6 is 0 Å². The minimum absolute atomic E-state index is 0.111. The second-order valence-corrected chi connectivity index (χ2v) is 6.95. The number of para-hydroxylation sites is 1. The zero-order chi connectivity index (χ0) is 20.2. The molecule has 3 aromatic rings. The summed E-state index contributed by atoms with van der Waals surface area (Å²) >= 11 is 0. The van der Waals surface area contributed by atoms with E-state index < -0.39 is 0 Å². The molecule has 1 aliphatic rings. The largest absolute Gasteiger partial charge is 0.496 e. The Balaban J connectivity index is 1.72. The van der Waals surface area contributed by atoms with Crippen molar-refractivity contribution >= 4 is 5.91 Å². The molecule has 0 saturated heterocycles. The van der Waals surface area contributed by atoms with E-state index in [-0.39, 0.29) is 17.5 Å². The minimum atomic E-state index is -0.357. The number of pyridine rings is 1. The number of carbonyl (C=O) groups is 1. The third-order valence-electron chi connectivity index (χ3n) is 5.11. The van der Waals surface area contributed by atoms with Gasteiger partial charge in [-0.2, -0.15) is 0 Å². The lowest BCUT2D eigenvalue weighted by atomic mass is 10.1. The zero-order valence-corrected chi connectivity index (χ0v) is 16.2. The first-order valence-corrected chi connectivity index (χ1v) is 9.63. The fraction of sp³-hybridized carbons (Fsp3) is 0.273. The molecule has 4 rings (SSSR count). The number of ether oxygens (including phenoxy) is 1.